The van der Waals surface area contributed by atoms with Gasteiger partial charge in [0.25, 0.3) is 0 Å². The zero-order valence-electron chi connectivity index (χ0n) is 35.2. The lowest BCUT2D eigenvalue weighted by atomic mass is 9.53. The number of rotatable bonds is 5. The van der Waals surface area contributed by atoms with Crippen molar-refractivity contribution in [2.24, 2.45) is 5.73 Å². The summed E-state index contributed by atoms with van der Waals surface area (Å²) in [4.78, 5) is 0. The summed E-state index contributed by atoms with van der Waals surface area (Å²) in [6.45, 7) is 5.42. The molecule has 1 aliphatic heterocycles. The van der Waals surface area contributed by atoms with E-state index in [0.717, 1.165) is 6.42 Å². The molecule has 10 aromatic rings. The molecular weight excluding hydrogens is 749 g/mol. The summed E-state index contributed by atoms with van der Waals surface area (Å²) in [7, 11) is 0. The number of fused-ring (bicyclic) bond motifs is 11. The Hall–Kier alpha value is -7.26. The molecule has 1 unspecified atom stereocenters. The third-order valence-corrected chi connectivity index (χ3v) is 13.6. The van der Waals surface area contributed by atoms with E-state index < -0.39 is 5.41 Å². The summed E-state index contributed by atoms with van der Waals surface area (Å²) in [6.07, 6.45) is 0.882. The molecule has 12 rings (SSSR count). The second-order valence-corrected chi connectivity index (χ2v) is 17.4. The fourth-order valence-corrected chi connectivity index (χ4v) is 10.6. The van der Waals surface area contributed by atoms with Gasteiger partial charge in [0.1, 0.15) is 0 Å². The minimum Gasteiger partial charge on any atom is -0.326 e. The Morgan fingerprint density at radius 3 is 1.56 bits per heavy atom. The number of aromatic nitrogens is 1. The van der Waals surface area contributed by atoms with Gasteiger partial charge in [-0.05, 0) is 90.9 Å². The molecule has 2 N–H and O–H groups in total. The number of para-hydroxylation sites is 3. The summed E-state index contributed by atoms with van der Waals surface area (Å²) in [6, 6.07) is 80.1. The Labute approximate surface area is 364 Å². The van der Waals surface area contributed by atoms with Gasteiger partial charge in [0.2, 0.25) is 0 Å². The fraction of sp³-hybridized carbons (Fsp3) is 0.100. The van der Waals surface area contributed by atoms with Gasteiger partial charge in [0.05, 0.1) is 22.1 Å². The molecule has 0 bridgehead atoms. The molecule has 298 valence electrons. The van der Waals surface area contributed by atoms with E-state index in [0.29, 0.717) is 6.54 Å². The first-order chi connectivity index (χ1) is 30.5. The fourth-order valence-electron chi connectivity index (χ4n) is 10.6. The smallest absolute Gasteiger partial charge is 0.0748 e. The van der Waals surface area contributed by atoms with Crippen molar-refractivity contribution in [2.75, 3.05) is 0 Å². The first-order valence-corrected chi connectivity index (χ1v) is 21.8. The van der Waals surface area contributed by atoms with Crippen molar-refractivity contribution in [1.29, 1.82) is 0 Å². The Bertz CT molecular complexity index is 3250. The van der Waals surface area contributed by atoms with Crippen LogP contribution in [0.1, 0.15) is 63.9 Å². The highest BCUT2D eigenvalue weighted by molar-refractivity contribution is 6.12. The lowest BCUT2D eigenvalue weighted by Crippen LogP contribution is -2.44. The number of benzene rings is 9. The van der Waals surface area contributed by atoms with E-state index in [4.69, 9.17) is 5.73 Å². The summed E-state index contributed by atoms with van der Waals surface area (Å²) >= 11 is 0. The normalized spacial score (nSPS) is 15.3. The van der Waals surface area contributed by atoms with Gasteiger partial charge in [-0.25, -0.2) is 0 Å². The Kier molecular flexibility index (Phi) is 9.14. The van der Waals surface area contributed by atoms with Crippen LogP contribution in [-0.2, 0) is 23.8 Å². The molecule has 2 aliphatic rings. The third kappa shape index (κ3) is 5.90. The Morgan fingerprint density at radius 2 is 0.887 bits per heavy atom. The van der Waals surface area contributed by atoms with Crippen molar-refractivity contribution in [3.63, 3.8) is 0 Å². The van der Waals surface area contributed by atoms with Crippen LogP contribution in [-0.4, -0.2) is 4.57 Å². The molecule has 9 aromatic carbocycles. The SMILES string of the molecule is CC1(C)c2ccccc2C2(c3ccccc3-n3c4ccccc4c4cccc2c43)c2cc(Cc3ccc(-c4ccccc4)cc3)ccc21.NCc1ccc(-c2ccccc2)cc1. The van der Waals surface area contributed by atoms with Crippen LogP contribution in [0.25, 0.3) is 49.7 Å². The van der Waals surface area contributed by atoms with Gasteiger partial charge in [-0.2, -0.15) is 0 Å². The molecule has 0 fully saturated rings. The van der Waals surface area contributed by atoms with Crippen LogP contribution in [0.2, 0.25) is 0 Å². The van der Waals surface area contributed by atoms with Gasteiger partial charge in [-0.1, -0.05) is 220 Å². The molecule has 1 aromatic heterocycles. The van der Waals surface area contributed by atoms with Gasteiger partial charge in [0.15, 0.2) is 0 Å². The van der Waals surface area contributed by atoms with Crippen molar-refractivity contribution in [3.8, 4) is 27.9 Å². The molecule has 2 heteroatoms. The maximum atomic E-state index is 5.54. The summed E-state index contributed by atoms with van der Waals surface area (Å²) < 4.78 is 2.53. The van der Waals surface area contributed by atoms with E-state index in [-0.39, 0.29) is 5.41 Å². The Balaban J connectivity index is 0.000000263. The topological polar surface area (TPSA) is 30.9 Å². The second kappa shape index (κ2) is 15.0. The van der Waals surface area contributed by atoms with Crippen LogP contribution in [0, 0.1) is 0 Å². The molecule has 1 spiro atoms. The van der Waals surface area contributed by atoms with Crippen LogP contribution in [0.15, 0.2) is 218 Å². The highest BCUT2D eigenvalue weighted by atomic mass is 15.0. The molecule has 0 radical (unpaired) electrons. The predicted octanol–water partition coefficient (Wildman–Crippen LogP) is 14.2. The molecule has 2 heterocycles. The van der Waals surface area contributed by atoms with E-state index in [9.17, 15) is 0 Å². The minimum absolute atomic E-state index is 0.153. The molecule has 62 heavy (non-hydrogen) atoms. The highest BCUT2D eigenvalue weighted by Crippen LogP contribution is 2.60. The van der Waals surface area contributed by atoms with Gasteiger partial charge in [-0.15, -0.1) is 0 Å². The van der Waals surface area contributed by atoms with Gasteiger partial charge in [0, 0.05) is 22.7 Å². The minimum atomic E-state index is -0.463. The van der Waals surface area contributed by atoms with Gasteiger partial charge in [-0.3, -0.25) is 0 Å². The van der Waals surface area contributed by atoms with Gasteiger partial charge >= 0.3 is 0 Å². The highest BCUT2D eigenvalue weighted by Gasteiger charge is 2.52. The van der Waals surface area contributed by atoms with Crippen molar-refractivity contribution in [2.45, 2.75) is 37.6 Å². The molecular formula is C60H48N2. The molecule has 0 amide bonds. The second-order valence-electron chi connectivity index (χ2n) is 17.4. The molecule has 1 atom stereocenters. The quantitative estimate of drug-likeness (QED) is 0.185. The van der Waals surface area contributed by atoms with E-state index in [1.54, 1.807) is 0 Å². The zero-order chi connectivity index (χ0) is 41.8. The number of hydrogen-bond acceptors (Lipinski definition) is 1. The van der Waals surface area contributed by atoms with Gasteiger partial charge < -0.3 is 10.3 Å². The predicted molar refractivity (Wildman–Crippen MR) is 259 cm³/mol. The van der Waals surface area contributed by atoms with Crippen LogP contribution in [0.4, 0.5) is 0 Å². The first-order valence-electron chi connectivity index (χ1n) is 21.8. The number of hydrogen-bond donors (Lipinski definition) is 1. The van der Waals surface area contributed by atoms with Crippen molar-refractivity contribution < 1.29 is 0 Å². The van der Waals surface area contributed by atoms with Crippen LogP contribution >= 0.6 is 0 Å². The van der Waals surface area contributed by atoms with Crippen molar-refractivity contribution in [3.05, 3.63) is 268 Å². The van der Waals surface area contributed by atoms with E-state index in [1.807, 2.05) is 18.2 Å². The molecule has 1 aliphatic carbocycles. The maximum Gasteiger partial charge on any atom is 0.0748 e. The Morgan fingerprint density at radius 1 is 0.387 bits per heavy atom. The molecule has 0 saturated carbocycles. The first kappa shape index (κ1) is 37.7. The number of nitrogens with zero attached hydrogens (tertiary/aromatic N) is 1. The van der Waals surface area contributed by atoms with Crippen LogP contribution < -0.4 is 5.73 Å². The average molecular weight is 797 g/mol. The summed E-state index contributed by atoms with van der Waals surface area (Å²) in [5.41, 5.74) is 25.9. The van der Waals surface area contributed by atoms with Crippen molar-refractivity contribution >= 4 is 21.8 Å². The third-order valence-electron chi connectivity index (χ3n) is 13.6. The van der Waals surface area contributed by atoms with E-state index in [2.05, 4.69) is 219 Å². The van der Waals surface area contributed by atoms with E-state index >= 15 is 0 Å². The average Bonchev–Trinajstić information content (AvgIpc) is 3.68. The van der Waals surface area contributed by atoms with E-state index in [1.165, 1.54) is 99.8 Å². The molecule has 0 saturated heterocycles. The molecule has 2 nitrogen and oxygen atoms in total. The standard InChI is InChI=1S/C47H35N.C13H13N/c1-46(2)37-17-7-8-18-39(37)47(42-30-32(25-28-38(42)46)29-31-23-26-34(27-24-31)33-13-4-3-5-14-33)40-19-9-11-22-44(40)48-43-21-10-6-15-35(43)36-16-12-20-41(47)45(36)48;14-10-11-6-8-13(9-7-11)12-4-2-1-3-5-12/h3-28,30H,29H2,1-2H3;1-9H,10,14H2. The monoisotopic (exact) mass is 796 g/mol. The van der Waals surface area contributed by atoms with Crippen LogP contribution in [0.3, 0.4) is 0 Å². The lowest BCUT2D eigenvalue weighted by Gasteiger charge is -2.50. The summed E-state index contributed by atoms with van der Waals surface area (Å²) in [5.74, 6) is 0. The van der Waals surface area contributed by atoms with Crippen LogP contribution in [0.5, 0.6) is 0 Å². The largest absolute Gasteiger partial charge is 0.326 e. The van der Waals surface area contributed by atoms with Crippen molar-refractivity contribution in [1.82, 2.24) is 4.57 Å². The maximum absolute atomic E-state index is 5.54. The number of nitrogens with two attached hydrogens (primary N) is 1. The lowest BCUT2D eigenvalue weighted by molar-refractivity contribution is 0.555. The summed E-state index contributed by atoms with van der Waals surface area (Å²) in [5, 5.41) is 2.62. The zero-order valence-corrected chi connectivity index (χ0v) is 35.2.